The maximum Gasteiger partial charge on any atom is 0 e. The summed E-state index contributed by atoms with van der Waals surface area (Å²) in [7, 11) is 0. The molecule has 8 heavy (non-hydrogen) atoms. The van der Waals surface area contributed by atoms with Gasteiger partial charge in [-0.15, -0.1) is 0 Å². The van der Waals surface area contributed by atoms with Crippen LogP contribution in [0.2, 0.25) is 0 Å². The van der Waals surface area contributed by atoms with Gasteiger partial charge in [-0.3, -0.25) is 0 Å². The summed E-state index contributed by atoms with van der Waals surface area (Å²) < 4.78 is 0. The minimum Gasteiger partial charge on any atom is 0 e. The largest absolute Gasteiger partial charge is 0 e. The molecule has 0 bridgehead atoms. The molecule has 7 heteroatoms. The molecule has 0 aromatic carbocycles. The van der Waals surface area contributed by atoms with Gasteiger partial charge >= 0.3 is 25.0 Å². The minimum atomic E-state index is -1.83. The summed E-state index contributed by atoms with van der Waals surface area (Å²) in [5.41, 5.74) is 0. The fraction of sp³-hybridized carbons (Fsp3) is 0. The second-order valence-electron chi connectivity index (χ2n) is 0.283. The third kappa shape index (κ3) is 157. The fourth-order valence-electron chi connectivity index (χ4n) is 0. The molecule has 52 valence electrons. The number of hydrogen-bond donors (Lipinski definition) is 2. The first-order chi connectivity index (χ1) is 1.73. The van der Waals surface area contributed by atoms with E-state index in [-0.39, 0.29) is 69.2 Å². The van der Waals surface area contributed by atoms with Gasteiger partial charge in [0.2, 0.25) is 0 Å². The predicted octanol–water partition coefficient (Wildman–Crippen LogP) is -0.434. The normalized spacial score (nSPS) is 3.00. The molecule has 0 unspecified atom stereocenters. The topological polar surface area (TPSA) is 57.5 Å². The number of carboxylic acid groups (broad SMARTS) is 2. The van der Waals surface area contributed by atoms with Crippen LogP contribution in [0, 0.1) is 0 Å². The predicted molar refractivity (Wildman–Crippen MR) is 17.8 cm³/mol. The summed E-state index contributed by atoms with van der Waals surface area (Å²) in [6.07, 6.45) is -1.83. The van der Waals surface area contributed by atoms with Crippen molar-refractivity contribution in [1.82, 2.24) is 0 Å². The average Bonchev–Trinajstić information content (AvgIpc) is 0.811. The molecule has 2 N–H and O–H groups in total. The fourth-order valence-corrected chi connectivity index (χ4v) is 0. The second-order valence-corrected chi connectivity index (χ2v) is 0.283. The summed E-state index contributed by atoms with van der Waals surface area (Å²) in [5.74, 6) is 0. The van der Waals surface area contributed by atoms with Gasteiger partial charge in [0, 0.05) is 50.3 Å². The van der Waals surface area contributed by atoms with Crippen LogP contribution < -0.4 is 0 Å². The average molecular weight is 243 g/mol. The molecule has 0 aliphatic carbocycles. The van der Waals surface area contributed by atoms with E-state index in [2.05, 4.69) is 0 Å². The van der Waals surface area contributed by atoms with E-state index in [1.54, 1.807) is 0 Å². The van der Waals surface area contributed by atoms with Crippen LogP contribution in [0.5, 0.6) is 0 Å². The first kappa shape index (κ1) is 34.3. The molecule has 0 aromatic heterocycles. The van der Waals surface area contributed by atoms with E-state index in [4.69, 9.17) is 15.0 Å². The van der Waals surface area contributed by atoms with Crippen LogP contribution in [0.4, 0.5) is 4.79 Å². The van der Waals surface area contributed by atoms with Crippen LogP contribution in [-0.4, -0.2) is 35.2 Å². The summed E-state index contributed by atoms with van der Waals surface area (Å²) in [4.78, 5) is 8.56. The Hall–Kier alpha value is 1.39. The van der Waals surface area contributed by atoms with Gasteiger partial charge in [-0.05, 0) is 0 Å². The quantitative estimate of drug-likeness (QED) is 0.567. The molecule has 0 aliphatic heterocycles. The van der Waals surface area contributed by atoms with E-state index < -0.39 is 6.16 Å². The SMILES string of the molecule is O=C(O)O.[Co].[LiH].[Mn].[Ni]. The molecule has 0 saturated carbocycles. The van der Waals surface area contributed by atoms with Gasteiger partial charge in [0.05, 0.1) is 0 Å². The smallest absolute Gasteiger partial charge is 0 e. The van der Waals surface area contributed by atoms with Gasteiger partial charge < -0.3 is 10.2 Å². The molecule has 0 fully saturated rings. The summed E-state index contributed by atoms with van der Waals surface area (Å²) in [5, 5.41) is 13.9. The van der Waals surface area contributed by atoms with Crippen molar-refractivity contribution in [3.63, 3.8) is 0 Å². The Labute approximate surface area is 89.7 Å². The van der Waals surface area contributed by atoms with Crippen molar-refractivity contribution >= 4 is 25.0 Å². The Morgan fingerprint density at radius 2 is 1.25 bits per heavy atom. The van der Waals surface area contributed by atoms with Crippen molar-refractivity contribution in [2.75, 3.05) is 0 Å². The molecule has 0 rings (SSSR count). The van der Waals surface area contributed by atoms with Crippen molar-refractivity contribution in [3.8, 4) is 0 Å². The molecule has 0 heterocycles. The van der Waals surface area contributed by atoms with E-state index in [0.717, 1.165) is 0 Å². The molecular formula is CH3CoLiMnNiO3. The molecule has 3 nitrogen and oxygen atoms in total. The Morgan fingerprint density at radius 3 is 1.25 bits per heavy atom. The van der Waals surface area contributed by atoms with Crippen molar-refractivity contribution in [1.29, 1.82) is 0 Å². The monoisotopic (exact) mass is 242 g/mol. The van der Waals surface area contributed by atoms with E-state index in [1.165, 1.54) is 0 Å². The number of rotatable bonds is 0. The van der Waals surface area contributed by atoms with Gasteiger partial charge in [-0.25, -0.2) is 4.79 Å². The first-order valence-corrected chi connectivity index (χ1v) is 0.651. The maximum atomic E-state index is 8.56. The Bertz CT molecular complexity index is 42.3. The van der Waals surface area contributed by atoms with E-state index in [0.29, 0.717) is 0 Å². The zero-order valence-electron chi connectivity index (χ0n) is 2.83. The third-order valence-electron chi connectivity index (χ3n) is 0. The van der Waals surface area contributed by atoms with Crippen molar-refractivity contribution < 1.29 is 65.3 Å². The second kappa shape index (κ2) is 23.8. The molecule has 0 spiro atoms. The third-order valence-corrected chi connectivity index (χ3v) is 0. The molecule has 0 aliphatic rings. The number of hydrogen-bond acceptors (Lipinski definition) is 1. The maximum absolute atomic E-state index is 8.56. The zero-order valence-corrected chi connectivity index (χ0v) is 6.04. The minimum absolute atomic E-state index is 0. The van der Waals surface area contributed by atoms with Crippen LogP contribution in [-0.2, 0) is 50.3 Å². The molecule has 0 saturated heterocycles. The summed E-state index contributed by atoms with van der Waals surface area (Å²) in [6, 6.07) is 0. The Kier molecular flexibility index (Phi) is 102. The van der Waals surface area contributed by atoms with E-state index >= 15 is 0 Å². The Morgan fingerprint density at radius 1 is 1.25 bits per heavy atom. The van der Waals surface area contributed by atoms with Crippen LogP contribution in [0.25, 0.3) is 0 Å². The molecule has 0 amide bonds. The molecule has 0 aromatic rings. The van der Waals surface area contributed by atoms with Gasteiger partial charge in [0.15, 0.2) is 0 Å². The van der Waals surface area contributed by atoms with Gasteiger partial charge in [-0.2, -0.15) is 0 Å². The summed E-state index contributed by atoms with van der Waals surface area (Å²) in [6.45, 7) is 0. The first-order valence-electron chi connectivity index (χ1n) is 0.651. The van der Waals surface area contributed by atoms with Crippen molar-refractivity contribution in [3.05, 3.63) is 0 Å². The van der Waals surface area contributed by atoms with Gasteiger partial charge in [-0.1, -0.05) is 0 Å². The van der Waals surface area contributed by atoms with Crippen LogP contribution >= 0.6 is 0 Å². The molecule has 0 atom stereocenters. The van der Waals surface area contributed by atoms with Crippen molar-refractivity contribution in [2.24, 2.45) is 0 Å². The van der Waals surface area contributed by atoms with Crippen LogP contribution in [0.3, 0.4) is 0 Å². The Balaban J connectivity index is -0.00000000750. The van der Waals surface area contributed by atoms with Crippen LogP contribution in [0.15, 0.2) is 0 Å². The zero-order chi connectivity index (χ0) is 3.58. The molecule has 2 radical (unpaired) electrons. The molecular weight excluding hydrogens is 240 g/mol. The van der Waals surface area contributed by atoms with E-state index in [1.807, 2.05) is 0 Å². The standard InChI is InChI=1S/CH2O3.Co.Li.Mn.Ni.H/c2-1(3)4;;;;;/h(H2,2,3,4);;;;;. The summed E-state index contributed by atoms with van der Waals surface area (Å²) >= 11 is 0. The van der Waals surface area contributed by atoms with Crippen molar-refractivity contribution in [2.45, 2.75) is 0 Å². The van der Waals surface area contributed by atoms with Gasteiger partial charge in [0.25, 0.3) is 0 Å². The van der Waals surface area contributed by atoms with Crippen LogP contribution in [0.1, 0.15) is 0 Å². The van der Waals surface area contributed by atoms with Gasteiger partial charge in [0.1, 0.15) is 0 Å². The number of carbonyl (C=O) groups is 1. The van der Waals surface area contributed by atoms with E-state index in [9.17, 15) is 0 Å².